The normalized spacial score (nSPS) is 14.8. The molecule has 0 N–H and O–H groups in total. The van der Waals surface area contributed by atoms with Crippen molar-refractivity contribution < 1.29 is 28.2 Å². The minimum absolute atomic E-state index is 0.243. The van der Waals surface area contributed by atoms with Crippen molar-refractivity contribution in [3.63, 3.8) is 0 Å². The number of amides is 2. The van der Waals surface area contributed by atoms with Gasteiger partial charge in [0, 0.05) is 57.2 Å². The third-order valence-corrected chi connectivity index (χ3v) is 6.89. The Balaban J connectivity index is 1.40. The first-order valence-corrected chi connectivity index (χ1v) is 13.8. The van der Waals surface area contributed by atoms with E-state index in [1.807, 2.05) is 32.9 Å². The molecule has 222 valence electrons. The molecule has 0 radical (unpaired) electrons. The van der Waals surface area contributed by atoms with E-state index in [4.69, 9.17) is 18.6 Å². The van der Waals surface area contributed by atoms with E-state index in [0.29, 0.717) is 59.0 Å². The quantitative estimate of drug-likeness (QED) is 0.288. The second kappa shape index (κ2) is 11.6. The third-order valence-electron chi connectivity index (χ3n) is 6.89. The molecule has 0 aliphatic carbocycles. The van der Waals surface area contributed by atoms with Gasteiger partial charge in [0.15, 0.2) is 5.58 Å². The monoisotopic (exact) mass is 583 g/mol. The second-order valence-corrected chi connectivity index (χ2v) is 11.4. The molecule has 2 amide bonds. The molecule has 1 aliphatic heterocycles. The molecule has 0 spiro atoms. The van der Waals surface area contributed by atoms with Crippen LogP contribution in [0.4, 0.5) is 4.79 Å². The fourth-order valence-corrected chi connectivity index (χ4v) is 4.82. The number of rotatable bonds is 6. The van der Waals surface area contributed by atoms with Gasteiger partial charge in [-0.15, -0.1) is 0 Å². The van der Waals surface area contributed by atoms with Crippen molar-refractivity contribution in [2.75, 3.05) is 34.3 Å². The number of methoxy groups -OCH3 is 1. The van der Waals surface area contributed by atoms with Crippen molar-refractivity contribution in [1.29, 1.82) is 5.26 Å². The van der Waals surface area contributed by atoms with Crippen LogP contribution in [0.2, 0.25) is 0 Å². The summed E-state index contributed by atoms with van der Waals surface area (Å²) in [6.07, 6.45) is 3.22. The molecule has 11 nitrogen and oxygen atoms in total. The number of furan rings is 1. The molecule has 11 heteroatoms. The molecule has 43 heavy (non-hydrogen) atoms. The van der Waals surface area contributed by atoms with Gasteiger partial charge >= 0.3 is 6.09 Å². The van der Waals surface area contributed by atoms with Gasteiger partial charge in [-0.05, 0) is 44.5 Å². The van der Waals surface area contributed by atoms with E-state index < -0.39 is 5.60 Å². The highest BCUT2D eigenvalue weighted by molar-refractivity contribution is 5.95. The smallest absolute Gasteiger partial charge is 0.410 e. The Morgan fingerprint density at radius 3 is 2.58 bits per heavy atom. The van der Waals surface area contributed by atoms with Crippen LogP contribution in [-0.2, 0) is 4.74 Å². The summed E-state index contributed by atoms with van der Waals surface area (Å²) < 4.78 is 23.4. The topological polar surface area (TPSA) is 131 Å². The first kappa shape index (κ1) is 29.4. The summed E-state index contributed by atoms with van der Waals surface area (Å²) in [7, 11) is 4.83. The first-order valence-electron chi connectivity index (χ1n) is 13.8. The molecule has 5 rings (SSSR count). The van der Waals surface area contributed by atoms with Crippen LogP contribution in [0, 0.1) is 11.3 Å². The standard InChI is InChI=1S/C32H33N5O6/c1-32(2,3)43-31(39)37-12-10-21(18-37)41-26-8-7-19(13-20(26)16-33)22-9-11-34-24-14-28(42-29(22)24)23-17-35-25(15-27(23)40-6)30(38)36(4)5/h7-9,11,13-15,17,21H,10,12,18H2,1-6H3. The fourth-order valence-electron chi connectivity index (χ4n) is 4.82. The summed E-state index contributed by atoms with van der Waals surface area (Å²) in [4.78, 5) is 36.7. The maximum atomic E-state index is 12.4. The van der Waals surface area contributed by atoms with Crippen LogP contribution < -0.4 is 9.47 Å². The summed E-state index contributed by atoms with van der Waals surface area (Å²) in [6, 6.07) is 12.8. The lowest BCUT2D eigenvalue weighted by Crippen LogP contribution is -2.36. The number of likely N-dealkylation sites (tertiary alicyclic amines) is 1. The molecular weight excluding hydrogens is 550 g/mol. The van der Waals surface area contributed by atoms with E-state index in [1.54, 1.807) is 55.7 Å². The van der Waals surface area contributed by atoms with Crippen molar-refractivity contribution >= 4 is 23.1 Å². The molecule has 1 aliphatic rings. The average Bonchev–Trinajstić information content (AvgIpc) is 3.63. The van der Waals surface area contributed by atoms with E-state index in [-0.39, 0.29) is 23.8 Å². The van der Waals surface area contributed by atoms with Crippen LogP contribution in [0.3, 0.4) is 0 Å². The van der Waals surface area contributed by atoms with E-state index >= 15 is 0 Å². The van der Waals surface area contributed by atoms with Gasteiger partial charge in [-0.1, -0.05) is 6.07 Å². The number of nitriles is 1. The van der Waals surface area contributed by atoms with Crippen molar-refractivity contribution in [2.45, 2.75) is 38.9 Å². The molecule has 1 fully saturated rings. The second-order valence-electron chi connectivity index (χ2n) is 11.4. The first-order chi connectivity index (χ1) is 20.5. The molecule has 1 saturated heterocycles. The molecule has 1 unspecified atom stereocenters. The summed E-state index contributed by atoms with van der Waals surface area (Å²) in [6.45, 7) is 6.39. The summed E-state index contributed by atoms with van der Waals surface area (Å²) in [5.74, 6) is 1.11. The van der Waals surface area contributed by atoms with Crippen molar-refractivity contribution in [3.8, 4) is 40.0 Å². The Morgan fingerprint density at radius 2 is 1.88 bits per heavy atom. The Labute approximate surface area is 249 Å². The highest BCUT2D eigenvalue weighted by atomic mass is 16.6. The molecule has 4 heterocycles. The zero-order valence-corrected chi connectivity index (χ0v) is 25.0. The van der Waals surface area contributed by atoms with Gasteiger partial charge in [0.05, 0.1) is 24.8 Å². The Bertz CT molecular complexity index is 1730. The zero-order chi connectivity index (χ0) is 30.9. The fraction of sp³-hybridized carbons (Fsp3) is 0.344. The van der Waals surface area contributed by atoms with Crippen molar-refractivity contribution in [1.82, 2.24) is 19.8 Å². The van der Waals surface area contributed by atoms with Crippen LogP contribution in [-0.4, -0.2) is 77.8 Å². The number of ether oxygens (including phenoxy) is 3. The highest BCUT2D eigenvalue weighted by Crippen LogP contribution is 2.38. The number of benzene rings is 1. The molecule has 0 bridgehead atoms. The number of nitrogens with zero attached hydrogens (tertiary/aromatic N) is 5. The van der Waals surface area contributed by atoms with Gasteiger partial charge in [-0.2, -0.15) is 5.26 Å². The lowest BCUT2D eigenvalue weighted by Gasteiger charge is -2.24. The number of carbonyl (C=O) groups excluding carboxylic acids is 2. The highest BCUT2D eigenvalue weighted by Gasteiger charge is 2.31. The van der Waals surface area contributed by atoms with Crippen LogP contribution in [0.15, 0.2) is 53.2 Å². The lowest BCUT2D eigenvalue weighted by atomic mass is 10.0. The maximum Gasteiger partial charge on any atom is 0.410 e. The summed E-state index contributed by atoms with van der Waals surface area (Å²) in [5, 5.41) is 9.95. The number of pyridine rings is 2. The Kier molecular flexibility index (Phi) is 7.96. The van der Waals surface area contributed by atoms with Crippen LogP contribution in [0.5, 0.6) is 11.5 Å². The predicted octanol–water partition coefficient (Wildman–Crippen LogP) is 5.53. The molecule has 4 aromatic rings. The van der Waals surface area contributed by atoms with Gasteiger partial charge in [0.25, 0.3) is 5.91 Å². The van der Waals surface area contributed by atoms with E-state index in [9.17, 15) is 14.9 Å². The molecular formula is C32H33N5O6. The molecule has 3 aromatic heterocycles. The number of carbonyl (C=O) groups is 2. The van der Waals surface area contributed by atoms with Gasteiger partial charge in [0.2, 0.25) is 0 Å². The van der Waals surface area contributed by atoms with Crippen LogP contribution in [0.1, 0.15) is 43.2 Å². The third kappa shape index (κ3) is 6.23. The summed E-state index contributed by atoms with van der Waals surface area (Å²) in [5.41, 5.74) is 3.22. The molecule has 1 atom stereocenters. The van der Waals surface area contributed by atoms with Crippen molar-refractivity contribution in [3.05, 3.63) is 60.0 Å². The zero-order valence-electron chi connectivity index (χ0n) is 25.0. The van der Waals surface area contributed by atoms with Gasteiger partial charge < -0.3 is 28.4 Å². The molecule has 1 aromatic carbocycles. The lowest BCUT2D eigenvalue weighted by molar-refractivity contribution is 0.0275. The Hall–Kier alpha value is -5.11. The largest absolute Gasteiger partial charge is 0.496 e. The maximum absolute atomic E-state index is 12.4. The minimum Gasteiger partial charge on any atom is -0.496 e. The van der Waals surface area contributed by atoms with E-state index in [2.05, 4.69) is 16.0 Å². The van der Waals surface area contributed by atoms with Crippen molar-refractivity contribution in [2.24, 2.45) is 0 Å². The number of hydrogen-bond acceptors (Lipinski definition) is 9. The van der Waals surface area contributed by atoms with Gasteiger partial charge in [0.1, 0.15) is 46.2 Å². The average molecular weight is 584 g/mol. The van der Waals surface area contributed by atoms with Crippen LogP contribution >= 0.6 is 0 Å². The van der Waals surface area contributed by atoms with Gasteiger partial charge in [-0.25, -0.2) is 4.79 Å². The molecule has 0 saturated carbocycles. The summed E-state index contributed by atoms with van der Waals surface area (Å²) >= 11 is 0. The predicted molar refractivity (Wildman–Crippen MR) is 159 cm³/mol. The Morgan fingerprint density at radius 1 is 1.09 bits per heavy atom. The minimum atomic E-state index is -0.576. The number of fused-ring (bicyclic) bond motifs is 1. The van der Waals surface area contributed by atoms with E-state index in [1.165, 1.54) is 12.0 Å². The number of aromatic nitrogens is 2. The number of hydrogen-bond donors (Lipinski definition) is 0. The van der Waals surface area contributed by atoms with E-state index in [0.717, 1.165) is 11.1 Å². The van der Waals surface area contributed by atoms with Gasteiger partial charge in [-0.3, -0.25) is 14.8 Å². The SMILES string of the molecule is COc1cc(C(=O)N(C)C)ncc1-c1cc2nccc(-c3ccc(OC4CCN(C(=O)OC(C)(C)C)C4)c(C#N)c3)c2o1. The van der Waals surface area contributed by atoms with Crippen LogP contribution in [0.25, 0.3) is 33.6 Å².